The summed E-state index contributed by atoms with van der Waals surface area (Å²) in [7, 11) is 4.01. The van der Waals surface area contributed by atoms with E-state index in [1.807, 2.05) is 20.2 Å². The summed E-state index contributed by atoms with van der Waals surface area (Å²) in [5.41, 5.74) is 7.54. The standard InChI is InChI=1S/C8H14ClN3/c1-12(2)5-6-3-7(4-10)11-8(6)9/h3,11H,4-5,10H2,1-2H3. The van der Waals surface area contributed by atoms with Crippen LogP contribution < -0.4 is 5.73 Å². The Morgan fingerprint density at radius 1 is 1.58 bits per heavy atom. The Kier molecular flexibility index (Phi) is 3.14. The summed E-state index contributed by atoms with van der Waals surface area (Å²) < 4.78 is 0. The second-order valence-electron chi connectivity index (χ2n) is 3.08. The van der Waals surface area contributed by atoms with E-state index in [0.717, 1.165) is 17.8 Å². The number of rotatable bonds is 3. The summed E-state index contributed by atoms with van der Waals surface area (Å²) in [6, 6.07) is 2.00. The van der Waals surface area contributed by atoms with E-state index >= 15 is 0 Å². The van der Waals surface area contributed by atoms with E-state index in [1.54, 1.807) is 0 Å². The van der Waals surface area contributed by atoms with Crippen LogP contribution in [0.4, 0.5) is 0 Å². The molecule has 3 nitrogen and oxygen atoms in total. The zero-order valence-corrected chi connectivity index (χ0v) is 8.15. The largest absolute Gasteiger partial charge is 0.348 e. The van der Waals surface area contributed by atoms with Gasteiger partial charge in [-0.1, -0.05) is 11.6 Å². The zero-order valence-electron chi connectivity index (χ0n) is 7.39. The van der Waals surface area contributed by atoms with E-state index in [9.17, 15) is 0 Å². The SMILES string of the molecule is CN(C)Cc1cc(CN)[nH]c1Cl. The molecule has 3 N–H and O–H groups in total. The molecule has 1 rings (SSSR count). The maximum absolute atomic E-state index is 5.93. The van der Waals surface area contributed by atoms with Crippen molar-refractivity contribution in [3.63, 3.8) is 0 Å². The van der Waals surface area contributed by atoms with Crippen LogP contribution in [0.1, 0.15) is 11.3 Å². The Balaban J connectivity index is 2.77. The average molecular weight is 188 g/mol. The van der Waals surface area contributed by atoms with Crippen molar-refractivity contribution in [1.82, 2.24) is 9.88 Å². The van der Waals surface area contributed by atoms with E-state index < -0.39 is 0 Å². The number of aromatic nitrogens is 1. The minimum Gasteiger partial charge on any atom is -0.348 e. The van der Waals surface area contributed by atoms with Crippen LogP contribution in [-0.4, -0.2) is 24.0 Å². The van der Waals surface area contributed by atoms with Crippen molar-refractivity contribution in [2.45, 2.75) is 13.1 Å². The van der Waals surface area contributed by atoms with Crippen molar-refractivity contribution in [2.24, 2.45) is 5.73 Å². The number of nitrogens with two attached hydrogens (primary N) is 1. The summed E-state index contributed by atoms with van der Waals surface area (Å²) in [6.07, 6.45) is 0. The average Bonchev–Trinajstić information content (AvgIpc) is 2.31. The number of hydrogen-bond donors (Lipinski definition) is 2. The van der Waals surface area contributed by atoms with E-state index in [2.05, 4.69) is 9.88 Å². The molecule has 68 valence electrons. The van der Waals surface area contributed by atoms with Crippen LogP contribution in [0.15, 0.2) is 6.07 Å². The first kappa shape index (κ1) is 9.58. The van der Waals surface area contributed by atoms with Gasteiger partial charge in [0.1, 0.15) is 5.15 Å². The fourth-order valence-corrected chi connectivity index (χ4v) is 1.33. The minimum absolute atomic E-state index is 0.507. The van der Waals surface area contributed by atoms with Crippen molar-refractivity contribution in [2.75, 3.05) is 14.1 Å². The molecule has 12 heavy (non-hydrogen) atoms. The lowest BCUT2D eigenvalue weighted by molar-refractivity contribution is 0.403. The van der Waals surface area contributed by atoms with Gasteiger partial charge in [-0.05, 0) is 20.2 Å². The van der Waals surface area contributed by atoms with E-state index in [0.29, 0.717) is 11.7 Å². The zero-order chi connectivity index (χ0) is 9.14. The van der Waals surface area contributed by atoms with Crippen molar-refractivity contribution >= 4 is 11.6 Å². The molecule has 0 bridgehead atoms. The maximum Gasteiger partial charge on any atom is 0.111 e. The lowest BCUT2D eigenvalue weighted by Crippen LogP contribution is -2.10. The summed E-state index contributed by atoms with van der Waals surface area (Å²) in [6.45, 7) is 1.35. The van der Waals surface area contributed by atoms with Gasteiger partial charge in [-0.3, -0.25) is 0 Å². The van der Waals surface area contributed by atoms with Gasteiger partial charge in [-0.25, -0.2) is 0 Å². The van der Waals surface area contributed by atoms with Gasteiger partial charge in [0.2, 0.25) is 0 Å². The molecule has 0 aromatic carbocycles. The number of halogens is 1. The molecule has 0 amide bonds. The molecule has 1 heterocycles. The number of aromatic amines is 1. The highest BCUT2D eigenvalue weighted by Gasteiger charge is 2.05. The number of nitrogens with zero attached hydrogens (tertiary/aromatic N) is 1. The normalized spacial score (nSPS) is 11.1. The molecule has 4 heteroatoms. The van der Waals surface area contributed by atoms with Crippen LogP contribution in [0.2, 0.25) is 5.15 Å². The Bertz CT molecular complexity index is 255. The third kappa shape index (κ3) is 2.24. The molecule has 0 aliphatic carbocycles. The maximum atomic E-state index is 5.93. The number of nitrogens with one attached hydrogen (secondary N) is 1. The van der Waals surface area contributed by atoms with Crippen molar-refractivity contribution in [3.05, 3.63) is 22.5 Å². The number of hydrogen-bond acceptors (Lipinski definition) is 2. The Hall–Kier alpha value is -0.510. The third-order valence-electron chi connectivity index (χ3n) is 1.61. The molecule has 0 fully saturated rings. The highest BCUT2D eigenvalue weighted by molar-refractivity contribution is 6.30. The first-order chi connectivity index (χ1) is 5.63. The predicted molar refractivity (Wildman–Crippen MR) is 51.1 cm³/mol. The Morgan fingerprint density at radius 2 is 2.25 bits per heavy atom. The topological polar surface area (TPSA) is 45.0 Å². The second-order valence-corrected chi connectivity index (χ2v) is 3.45. The molecule has 0 aliphatic rings. The molecule has 1 aromatic rings. The van der Waals surface area contributed by atoms with Crippen LogP contribution in [-0.2, 0) is 13.1 Å². The van der Waals surface area contributed by atoms with Gasteiger partial charge in [-0.2, -0.15) is 0 Å². The van der Waals surface area contributed by atoms with Crippen LogP contribution in [0, 0.1) is 0 Å². The van der Waals surface area contributed by atoms with E-state index in [1.165, 1.54) is 0 Å². The Morgan fingerprint density at radius 3 is 2.67 bits per heavy atom. The first-order valence-corrected chi connectivity index (χ1v) is 4.22. The van der Waals surface area contributed by atoms with Crippen LogP contribution >= 0.6 is 11.6 Å². The van der Waals surface area contributed by atoms with Crippen LogP contribution in [0.5, 0.6) is 0 Å². The fraction of sp³-hybridized carbons (Fsp3) is 0.500. The summed E-state index contributed by atoms with van der Waals surface area (Å²) >= 11 is 5.93. The van der Waals surface area contributed by atoms with Crippen molar-refractivity contribution in [3.8, 4) is 0 Å². The summed E-state index contributed by atoms with van der Waals surface area (Å²) in [5, 5.41) is 0.698. The van der Waals surface area contributed by atoms with Gasteiger partial charge in [-0.15, -0.1) is 0 Å². The van der Waals surface area contributed by atoms with Gasteiger partial charge >= 0.3 is 0 Å². The summed E-state index contributed by atoms with van der Waals surface area (Å²) in [5.74, 6) is 0. The molecule has 0 saturated carbocycles. The van der Waals surface area contributed by atoms with Gasteiger partial charge in [0, 0.05) is 24.3 Å². The lowest BCUT2D eigenvalue weighted by Gasteiger charge is -2.07. The highest BCUT2D eigenvalue weighted by atomic mass is 35.5. The van der Waals surface area contributed by atoms with Gasteiger partial charge in [0.25, 0.3) is 0 Å². The minimum atomic E-state index is 0.507. The fourth-order valence-electron chi connectivity index (χ4n) is 1.10. The molecule has 0 unspecified atom stereocenters. The Labute approximate surface area is 77.5 Å². The van der Waals surface area contributed by atoms with E-state index in [4.69, 9.17) is 17.3 Å². The van der Waals surface area contributed by atoms with Gasteiger partial charge < -0.3 is 15.6 Å². The predicted octanol–water partition coefficient (Wildman–Crippen LogP) is 1.19. The van der Waals surface area contributed by atoms with Crippen LogP contribution in [0.3, 0.4) is 0 Å². The molecule has 0 spiro atoms. The monoisotopic (exact) mass is 187 g/mol. The smallest absolute Gasteiger partial charge is 0.111 e. The second kappa shape index (κ2) is 3.94. The lowest BCUT2D eigenvalue weighted by atomic mass is 10.3. The van der Waals surface area contributed by atoms with Crippen molar-refractivity contribution in [1.29, 1.82) is 0 Å². The van der Waals surface area contributed by atoms with E-state index in [-0.39, 0.29) is 0 Å². The third-order valence-corrected chi connectivity index (χ3v) is 1.94. The quantitative estimate of drug-likeness (QED) is 0.747. The molecular formula is C8H14ClN3. The first-order valence-electron chi connectivity index (χ1n) is 3.84. The van der Waals surface area contributed by atoms with Crippen LogP contribution in [0.25, 0.3) is 0 Å². The molecule has 0 saturated heterocycles. The van der Waals surface area contributed by atoms with Gasteiger partial charge in [0.15, 0.2) is 0 Å². The van der Waals surface area contributed by atoms with Gasteiger partial charge in [0.05, 0.1) is 0 Å². The molecule has 0 aliphatic heterocycles. The molecular weight excluding hydrogens is 174 g/mol. The molecule has 0 radical (unpaired) electrons. The number of H-pyrrole nitrogens is 1. The molecule has 1 aromatic heterocycles. The van der Waals surface area contributed by atoms with Crippen molar-refractivity contribution < 1.29 is 0 Å². The summed E-state index contributed by atoms with van der Waals surface area (Å²) in [4.78, 5) is 5.08. The molecule has 0 atom stereocenters. The highest BCUT2D eigenvalue weighted by Crippen LogP contribution is 2.17.